The van der Waals surface area contributed by atoms with E-state index in [9.17, 15) is 5.11 Å². The van der Waals surface area contributed by atoms with Gasteiger partial charge >= 0.3 is 0 Å². The number of aliphatic hydroxyl groups excluding tert-OH is 1. The number of benzene rings is 1. The van der Waals surface area contributed by atoms with Crippen LogP contribution in [0.4, 0.5) is 0 Å². The summed E-state index contributed by atoms with van der Waals surface area (Å²) in [6.07, 6.45) is 3.37. The lowest BCUT2D eigenvalue weighted by Gasteiger charge is -2.10. The van der Waals surface area contributed by atoms with Gasteiger partial charge in [0, 0.05) is 11.8 Å². The normalized spacial score (nSPS) is 14.3. The summed E-state index contributed by atoms with van der Waals surface area (Å²) in [5, 5.41) is 18.4. The highest BCUT2D eigenvalue weighted by molar-refractivity contribution is 5.95. The molecule has 2 aromatic rings. The average Bonchev–Trinajstić information content (AvgIpc) is 2.81. The number of nitrogens with one attached hydrogen (secondary N) is 1. The van der Waals surface area contributed by atoms with Gasteiger partial charge in [-0.3, -0.25) is 0 Å². The van der Waals surface area contributed by atoms with Crippen LogP contribution in [0, 0.1) is 13.8 Å². The van der Waals surface area contributed by atoms with Gasteiger partial charge in [0.2, 0.25) is 0 Å². The minimum atomic E-state index is 0.332. The van der Waals surface area contributed by atoms with Gasteiger partial charge in [0.1, 0.15) is 5.76 Å². The molecule has 1 aromatic heterocycles. The third-order valence-corrected chi connectivity index (χ3v) is 3.89. The van der Waals surface area contributed by atoms with Gasteiger partial charge < -0.3 is 10.5 Å². The fourth-order valence-corrected chi connectivity index (χ4v) is 2.74. The molecule has 0 atom stereocenters. The van der Waals surface area contributed by atoms with Crippen LogP contribution in [0.1, 0.15) is 23.4 Å². The number of allylic oxidation sites excluding steroid dienone is 1. The van der Waals surface area contributed by atoms with Crippen LogP contribution in [0.2, 0.25) is 0 Å². The van der Waals surface area contributed by atoms with Gasteiger partial charge in [0.05, 0.1) is 23.6 Å². The molecule has 22 heavy (non-hydrogen) atoms. The smallest absolute Gasteiger partial charge is 0.115 e. The number of hydrogen-bond acceptors (Lipinski definition) is 4. The van der Waals surface area contributed by atoms with E-state index in [0.717, 1.165) is 35.6 Å². The van der Waals surface area contributed by atoms with Gasteiger partial charge in [-0.05, 0) is 44.4 Å². The zero-order valence-corrected chi connectivity index (χ0v) is 12.9. The zero-order valence-electron chi connectivity index (χ0n) is 12.9. The second-order valence-corrected chi connectivity index (χ2v) is 5.47. The number of aliphatic hydroxyl groups is 1. The van der Waals surface area contributed by atoms with Crippen LogP contribution >= 0.6 is 0 Å². The van der Waals surface area contributed by atoms with Crippen molar-refractivity contribution < 1.29 is 5.11 Å². The summed E-state index contributed by atoms with van der Waals surface area (Å²) >= 11 is 0. The van der Waals surface area contributed by atoms with Crippen molar-refractivity contribution in [3.05, 3.63) is 59.1 Å². The number of hydrazone groups is 1. The van der Waals surface area contributed by atoms with Crippen LogP contribution in [0.15, 0.2) is 47.3 Å². The Morgan fingerprint density at radius 1 is 1.18 bits per heavy atom. The standard InChI is InChI=1S/C17H20N4O/c1-12-17(9-8-14-10-16(22)11-18-19-14)13(2)21(20-12)15-6-4-3-5-7-15/h3-7,10,18,22H,8-9,11H2,1-2H3. The van der Waals surface area contributed by atoms with Crippen molar-refractivity contribution in [2.75, 3.05) is 6.54 Å². The molecule has 0 spiro atoms. The summed E-state index contributed by atoms with van der Waals surface area (Å²) in [5.41, 5.74) is 8.21. The number of aryl methyl sites for hydroxylation is 1. The molecule has 1 aliphatic rings. The Bertz CT molecular complexity index is 729. The van der Waals surface area contributed by atoms with E-state index in [-0.39, 0.29) is 0 Å². The van der Waals surface area contributed by atoms with E-state index < -0.39 is 0 Å². The minimum absolute atomic E-state index is 0.332. The molecule has 0 amide bonds. The van der Waals surface area contributed by atoms with Crippen LogP contribution in [-0.2, 0) is 6.42 Å². The Hall–Kier alpha value is -2.56. The number of rotatable bonds is 4. The fourth-order valence-electron chi connectivity index (χ4n) is 2.74. The summed E-state index contributed by atoms with van der Waals surface area (Å²) in [5.74, 6) is 0.332. The van der Waals surface area contributed by atoms with E-state index in [1.807, 2.05) is 29.8 Å². The summed E-state index contributed by atoms with van der Waals surface area (Å²) in [7, 11) is 0. The molecule has 5 nitrogen and oxygen atoms in total. The maximum atomic E-state index is 9.54. The molecule has 0 saturated heterocycles. The first-order valence-electron chi connectivity index (χ1n) is 7.44. The molecule has 1 aliphatic heterocycles. The molecule has 0 aliphatic carbocycles. The molecule has 5 heteroatoms. The summed E-state index contributed by atoms with van der Waals surface area (Å²) < 4.78 is 1.99. The predicted octanol–water partition coefficient (Wildman–Crippen LogP) is 2.82. The largest absolute Gasteiger partial charge is 0.510 e. The highest BCUT2D eigenvalue weighted by Gasteiger charge is 2.14. The van der Waals surface area contributed by atoms with Crippen molar-refractivity contribution >= 4 is 5.71 Å². The quantitative estimate of drug-likeness (QED) is 0.912. The van der Waals surface area contributed by atoms with E-state index in [4.69, 9.17) is 0 Å². The Morgan fingerprint density at radius 3 is 2.68 bits per heavy atom. The zero-order chi connectivity index (χ0) is 15.5. The van der Waals surface area contributed by atoms with E-state index in [0.29, 0.717) is 12.3 Å². The molecule has 0 radical (unpaired) electrons. The second kappa shape index (κ2) is 6.05. The van der Waals surface area contributed by atoms with Crippen molar-refractivity contribution in [1.82, 2.24) is 15.2 Å². The lowest BCUT2D eigenvalue weighted by atomic mass is 10.0. The third-order valence-electron chi connectivity index (χ3n) is 3.89. The second-order valence-electron chi connectivity index (χ2n) is 5.47. The molecule has 1 aromatic carbocycles. The summed E-state index contributed by atoms with van der Waals surface area (Å²) in [6, 6.07) is 10.1. The average molecular weight is 296 g/mol. The number of aromatic nitrogens is 2. The first-order valence-corrected chi connectivity index (χ1v) is 7.44. The van der Waals surface area contributed by atoms with E-state index in [2.05, 4.69) is 34.7 Å². The molecule has 3 rings (SSSR count). The van der Waals surface area contributed by atoms with Crippen molar-refractivity contribution in [3.8, 4) is 5.69 Å². The van der Waals surface area contributed by atoms with Gasteiger partial charge in [-0.1, -0.05) is 18.2 Å². The molecule has 114 valence electrons. The van der Waals surface area contributed by atoms with Crippen LogP contribution in [0.25, 0.3) is 5.69 Å². The van der Waals surface area contributed by atoms with E-state index >= 15 is 0 Å². The van der Waals surface area contributed by atoms with Crippen LogP contribution in [0.3, 0.4) is 0 Å². The van der Waals surface area contributed by atoms with Crippen LogP contribution in [0.5, 0.6) is 0 Å². The molecule has 2 heterocycles. The summed E-state index contributed by atoms with van der Waals surface area (Å²) in [6.45, 7) is 4.54. The van der Waals surface area contributed by atoms with Gasteiger partial charge in [-0.25, -0.2) is 4.68 Å². The highest BCUT2D eigenvalue weighted by Crippen LogP contribution is 2.19. The van der Waals surface area contributed by atoms with E-state index in [1.165, 1.54) is 5.56 Å². The predicted molar refractivity (Wildman–Crippen MR) is 87.5 cm³/mol. The topological polar surface area (TPSA) is 62.4 Å². The van der Waals surface area contributed by atoms with E-state index in [1.54, 1.807) is 6.08 Å². The minimum Gasteiger partial charge on any atom is -0.510 e. The Balaban J connectivity index is 1.80. The third kappa shape index (κ3) is 2.88. The number of hydrogen-bond donors (Lipinski definition) is 2. The SMILES string of the molecule is Cc1nn(-c2ccccc2)c(C)c1CCC1=NNCC(O)=C1. The van der Waals surface area contributed by atoms with Crippen molar-refractivity contribution in [2.45, 2.75) is 26.7 Å². The van der Waals surface area contributed by atoms with Gasteiger partial charge in [-0.15, -0.1) is 0 Å². The fraction of sp³-hybridized carbons (Fsp3) is 0.294. The van der Waals surface area contributed by atoms with Crippen LogP contribution < -0.4 is 5.43 Å². The van der Waals surface area contributed by atoms with Crippen molar-refractivity contribution in [3.63, 3.8) is 0 Å². The van der Waals surface area contributed by atoms with Gasteiger partial charge in [0.15, 0.2) is 0 Å². The molecule has 0 fully saturated rings. The Kier molecular flexibility index (Phi) is 3.96. The first-order chi connectivity index (χ1) is 10.6. The lowest BCUT2D eigenvalue weighted by Crippen LogP contribution is -2.19. The molecule has 2 N–H and O–H groups in total. The molecular weight excluding hydrogens is 276 g/mol. The number of nitrogens with zero attached hydrogens (tertiary/aromatic N) is 3. The highest BCUT2D eigenvalue weighted by atomic mass is 16.3. The molecule has 0 unspecified atom stereocenters. The summed E-state index contributed by atoms with van der Waals surface area (Å²) in [4.78, 5) is 0. The maximum absolute atomic E-state index is 9.54. The maximum Gasteiger partial charge on any atom is 0.115 e. The Morgan fingerprint density at radius 2 is 1.95 bits per heavy atom. The molecule has 0 bridgehead atoms. The Labute approximate surface area is 130 Å². The van der Waals surface area contributed by atoms with Crippen LogP contribution in [-0.4, -0.2) is 27.1 Å². The molecular formula is C17H20N4O. The van der Waals surface area contributed by atoms with Gasteiger partial charge in [0.25, 0.3) is 0 Å². The first kappa shape index (κ1) is 14.4. The van der Waals surface area contributed by atoms with Crippen molar-refractivity contribution in [1.29, 1.82) is 0 Å². The number of para-hydroxylation sites is 1. The lowest BCUT2D eigenvalue weighted by molar-refractivity contribution is 0.388. The van der Waals surface area contributed by atoms with Gasteiger partial charge in [-0.2, -0.15) is 10.2 Å². The van der Waals surface area contributed by atoms with Crippen molar-refractivity contribution in [2.24, 2.45) is 5.10 Å². The monoisotopic (exact) mass is 296 g/mol. The molecule has 0 saturated carbocycles.